The molecule has 3 aromatic rings. The van der Waals surface area contributed by atoms with Crippen molar-refractivity contribution in [2.45, 2.75) is 0 Å². The van der Waals surface area contributed by atoms with Crippen LogP contribution in [0, 0.1) is 0 Å². The number of carbonyl (C=O) groups is 2. The van der Waals surface area contributed by atoms with Gasteiger partial charge in [0.1, 0.15) is 0 Å². The Bertz CT molecular complexity index is 1110. The van der Waals surface area contributed by atoms with Gasteiger partial charge in [0.2, 0.25) is 0 Å². The summed E-state index contributed by atoms with van der Waals surface area (Å²) in [6, 6.07) is 5.30. The van der Waals surface area contributed by atoms with Gasteiger partial charge in [-0.2, -0.15) is 0 Å². The normalized spacial score (nSPS) is 10.7. The van der Waals surface area contributed by atoms with Crippen molar-refractivity contribution in [2.24, 2.45) is 7.05 Å². The second-order valence-electron chi connectivity index (χ2n) is 5.07. The van der Waals surface area contributed by atoms with Gasteiger partial charge in [-0.15, -0.1) is 0 Å². The molecule has 0 saturated carbocycles. The molecule has 0 aliphatic heterocycles. The van der Waals surface area contributed by atoms with Crippen molar-refractivity contribution >= 4 is 23.2 Å². The van der Waals surface area contributed by atoms with E-state index in [0.29, 0.717) is 11.8 Å². The highest BCUT2D eigenvalue weighted by Crippen LogP contribution is 2.13. The highest BCUT2D eigenvalue weighted by atomic mass is 16.4. The molecule has 0 amide bonds. The summed E-state index contributed by atoms with van der Waals surface area (Å²) in [6.45, 7) is 0. The van der Waals surface area contributed by atoms with E-state index in [9.17, 15) is 19.2 Å². The fourth-order valence-corrected chi connectivity index (χ4v) is 2.50. The topological polar surface area (TPSA) is 111 Å². The Morgan fingerprint density at radius 1 is 1.25 bits per heavy atom. The van der Waals surface area contributed by atoms with Gasteiger partial charge in [0.05, 0.1) is 27.7 Å². The summed E-state index contributed by atoms with van der Waals surface area (Å²) in [5, 5.41) is 9.16. The summed E-state index contributed by atoms with van der Waals surface area (Å²) in [6.07, 6.45) is 3.09. The quantitative estimate of drug-likeness (QED) is 0.706. The number of fused-ring (bicyclic) bond motifs is 1. The number of carbonyl (C=O) groups excluding carboxylic acids is 1. The molecule has 3 rings (SSSR count). The lowest BCUT2D eigenvalue weighted by atomic mass is 10.1. The van der Waals surface area contributed by atoms with Crippen LogP contribution in [0.2, 0.25) is 0 Å². The average molecular weight is 325 g/mol. The minimum atomic E-state index is -1.19. The lowest BCUT2D eigenvalue weighted by Gasteiger charge is -2.12. The summed E-state index contributed by atoms with van der Waals surface area (Å²) < 4.78 is 2.05. The molecule has 0 aliphatic carbocycles. The van der Waals surface area contributed by atoms with E-state index in [1.165, 1.54) is 48.3 Å². The maximum atomic E-state index is 12.8. The van der Waals surface area contributed by atoms with Crippen LogP contribution in [0.3, 0.4) is 0 Å². The van der Waals surface area contributed by atoms with E-state index in [1.54, 1.807) is 0 Å². The molecule has 0 spiro atoms. The predicted molar refractivity (Wildman–Crippen MR) is 84.9 cm³/mol. The maximum absolute atomic E-state index is 12.8. The van der Waals surface area contributed by atoms with Gasteiger partial charge in [-0.3, -0.25) is 19.1 Å². The Balaban J connectivity index is 2.50. The van der Waals surface area contributed by atoms with Crippen LogP contribution >= 0.6 is 0 Å². The highest BCUT2D eigenvalue weighted by Gasteiger charge is 2.16. The van der Waals surface area contributed by atoms with Gasteiger partial charge in [0.25, 0.3) is 5.56 Å². The molecule has 0 atom stereocenters. The Kier molecular flexibility index (Phi) is 3.57. The maximum Gasteiger partial charge on any atom is 0.335 e. The number of hydrogen-bond acceptors (Lipinski definition) is 5. The molecule has 1 aromatic carbocycles. The zero-order valence-corrected chi connectivity index (χ0v) is 12.5. The minimum absolute atomic E-state index is 0.0608. The number of hydrogen-bond donors (Lipinski definition) is 1. The second kappa shape index (κ2) is 5.58. The second-order valence-corrected chi connectivity index (χ2v) is 5.07. The minimum Gasteiger partial charge on any atom is -0.478 e. The molecule has 8 nitrogen and oxygen atoms in total. The smallest absolute Gasteiger partial charge is 0.335 e. The molecular formula is C16H11N3O5. The van der Waals surface area contributed by atoms with Crippen LogP contribution in [-0.2, 0) is 7.05 Å². The van der Waals surface area contributed by atoms with E-state index in [1.807, 2.05) is 0 Å². The van der Waals surface area contributed by atoms with Crippen molar-refractivity contribution in [2.75, 3.05) is 0 Å². The van der Waals surface area contributed by atoms with E-state index in [4.69, 9.17) is 5.11 Å². The monoisotopic (exact) mass is 325 g/mol. The molecule has 0 saturated heterocycles. The Hall–Kier alpha value is -3.55. The number of carboxylic acids is 1. The first-order valence-electron chi connectivity index (χ1n) is 6.84. The molecule has 2 heterocycles. The zero-order valence-electron chi connectivity index (χ0n) is 12.5. The first-order chi connectivity index (χ1) is 11.5. The standard InChI is InChI=1S/C16H11N3O5/c1-18-13-3-2-9(15(22)23)6-11(13)14(21)19(16(18)24)12-4-5-17-7-10(12)8-20/h2-8H,1H3,(H,22,23). The van der Waals surface area contributed by atoms with Crippen LogP contribution in [0.15, 0.2) is 46.2 Å². The first kappa shape index (κ1) is 15.3. The molecule has 2 aromatic heterocycles. The molecule has 1 N–H and O–H groups in total. The number of pyridine rings is 1. The van der Waals surface area contributed by atoms with Crippen LogP contribution in [-0.4, -0.2) is 31.5 Å². The lowest BCUT2D eigenvalue weighted by Crippen LogP contribution is -2.38. The van der Waals surface area contributed by atoms with Crippen molar-refractivity contribution in [3.05, 3.63) is 68.6 Å². The fourth-order valence-electron chi connectivity index (χ4n) is 2.50. The van der Waals surface area contributed by atoms with Crippen molar-refractivity contribution in [3.8, 4) is 5.69 Å². The van der Waals surface area contributed by atoms with E-state index < -0.39 is 17.2 Å². The van der Waals surface area contributed by atoms with E-state index in [-0.39, 0.29) is 22.2 Å². The number of aromatic carboxylic acids is 1. The molecule has 8 heteroatoms. The third-order valence-electron chi connectivity index (χ3n) is 3.71. The number of aldehydes is 1. The third kappa shape index (κ3) is 2.21. The number of rotatable bonds is 3. The molecule has 24 heavy (non-hydrogen) atoms. The molecule has 0 bridgehead atoms. The van der Waals surface area contributed by atoms with Gasteiger partial charge in [-0.1, -0.05) is 0 Å². The van der Waals surface area contributed by atoms with Crippen molar-refractivity contribution in [1.82, 2.24) is 14.1 Å². The van der Waals surface area contributed by atoms with Gasteiger partial charge in [-0.25, -0.2) is 14.2 Å². The zero-order chi connectivity index (χ0) is 17.4. The third-order valence-corrected chi connectivity index (χ3v) is 3.71. The molecule has 0 unspecified atom stereocenters. The molecule has 0 fully saturated rings. The largest absolute Gasteiger partial charge is 0.478 e. The lowest BCUT2D eigenvalue weighted by molar-refractivity contribution is 0.0697. The van der Waals surface area contributed by atoms with E-state index in [2.05, 4.69) is 4.98 Å². The predicted octanol–water partition coefficient (Wildman–Crippen LogP) is 0.595. The average Bonchev–Trinajstić information content (AvgIpc) is 2.60. The van der Waals surface area contributed by atoms with Crippen molar-refractivity contribution in [3.63, 3.8) is 0 Å². The fraction of sp³-hybridized carbons (Fsp3) is 0.0625. The number of carboxylic acid groups (broad SMARTS) is 1. The van der Waals surface area contributed by atoms with Crippen LogP contribution < -0.4 is 11.2 Å². The van der Waals surface area contributed by atoms with Crippen LogP contribution in [0.25, 0.3) is 16.6 Å². The summed E-state index contributed by atoms with van der Waals surface area (Å²) in [5.41, 5.74) is -0.961. The number of aryl methyl sites for hydroxylation is 1. The summed E-state index contributed by atoms with van der Waals surface area (Å²) in [4.78, 5) is 51.4. The van der Waals surface area contributed by atoms with Gasteiger partial charge in [0, 0.05) is 19.4 Å². The first-order valence-corrected chi connectivity index (χ1v) is 6.84. The van der Waals surface area contributed by atoms with Crippen LogP contribution in [0.4, 0.5) is 0 Å². The highest BCUT2D eigenvalue weighted by molar-refractivity contribution is 5.93. The SMILES string of the molecule is Cn1c(=O)n(-c2ccncc2C=O)c(=O)c2cc(C(=O)O)ccc21. The number of benzene rings is 1. The van der Waals surface area contributed by atoms with Crippen molar-refractivity contribution < 1.29 is 14.7 Å². The molecule has 0 aliphatic rings. The Morgan fingerprint density at radius 2 is 2.00 bits per heavy atom. The summed E-state index contributed by atoms with van der Waals surface area (Å²) in [5.74, 6) is -1.19. The molecular weight excluding hydrogens is 314 g/mol. The van der Waals surface area contributed by atoms with Crippen LogP contribution in [0.1, 0.15) is 20.7 Å². The van der Waals surface area contributed by atoms with E-state index in [0.717, 1.165) is 4.57 Å². The van der Waals surface area contributed by atoms with Gasteiger partial charge in [0.15, 0.2) is 6.29 Å². The van der Waals surface area contributed by atoms with E-state index >= 15 is 0 Å². The number of nitrogens with zero attached hydrogens (tertiary/aromatic N) is 3. The Morgan fingerprint density at radius 3 is 2.67 bits per heavy atom. The van der Waals surface area contributed by atoms with Gasteiger partial charge in [-0.05, 0) is 24.3 Å². The molecule has 120 valence electrons. The van der Waals surface area contributed by atoms with Crippen LogP contribution in [0.5, 0.6) is 0 Å². The van der Waals surface area contributed by atoms with Gasteiger partial charge < -0.3 is 5.11 Å². The van der Waals surface area contributed by atoms with Gasteiger partial charge >= 0.3 is 11.7 Å². The Labute approximate surface area is 134 Å². The van der Waals surface area contributed by atoms with Crippen molar-refractivity contribution in [1.29, 1.82) is 0 Å². The molecule has 0 radical (unpaired) electrons. The number of aromatic nitrogens is 3. The summed E-state index contributed by atoms with van der Waals surface area (Å²) >= 11 is 0. The summed E-state index contributed by atoms with van der Waals surface area (Å²) in [7, 11) is 1.46.